The third kappa shape index (κ3) is 4.19. The van der Waals surface area contributed by atoms with Gasteiger partial charge in [0.1, 0.15) is 0 Å². The molecule has 2 heterocycles. The van der Waals surface area contributed by atoms with Crippen molar-refractivity contribution < 1.29 is 8.42 Å². The van der Waals surface area contributed by atoms with Crippen molar-refractivity contribution in [3.05, 3.63) is 42.1 Å². The van der Waals surface area contributed by atoms with Crippen molar-refractivity contribution in [3.63, 3.8) is 0 Å². The lowest BCUT2D eigenvalue weighted by molar-refractivity contribution is 0.602. The largest absolute Gasteiger partial charge is 0.351 e. The van der Waals surface area contributed by atoms with E-state index in [9.17, 15) is 8.42 Å². The lowest BCUT2D eigenvalue weighted by Gasteiger charge is -2.22. The summed E-state index contributed by atoms with van der Waals surface area (Å²) >= 11 is 0. The van der Waals surface area contributed by atoms with Crippen molar-refractivity contribution in [1.29, 1.82) is 0 Å². The second kappa shape index (κ2) is 7.12. The van der Waals surface area contributed by atoms with Crippen molar-refractivity contribution in [2.24, 2.45) is 0 Å². The third-order valence-corrected chi connectivity index (χ3v) is 5.80. The van der Waals surface area contributed by atoms with Gasteiger partial charge in [-0.15, -0.1) is 5.10 Å². The molecule has 1 aromatic heterocycles. The fourth-order valence-electron chi connectivity index (χ4n) is 2.76. The monoisotopic (exact) mass is 347 g/mol. The molecule has 1 N–H and O–H groups in total. The molecule has 128 valence electrons. The molecular formula is C16H21N5O2S. The van der Waals surface area contributed by atoms with Crippen molar-refractivity contribution in [2.45, 2.75) is 25.9 Å². The van der Waals surface area contributed by atoms with Crippen molar-refractivity contribution in [3.8, 4) is 0 Å². The van der Waals surface area contributed by atoms with Crippen LogP contribution in [0.3, 0.4) is 0 Å². The molecule has 0 saturated carbocycles. The first-order valence-corrected chi connectivity index (χ1v) is 9.83. The van der Waals surface area contributed by atoms with Crippen molar-refractivity contribution in [1.82, 2.24) is 15.2 Å². The topological polar surface area (TPSA) is 88.1 Å². The van der Waals surface area contributed by atoms with E-state index in [0.717, 1.165) is 18.9 Å². The van der Waals surface area contributed by atoms with Gasteiger partial charge in [0.25, 0.3) is 0 Å². The normalized spacial score (nSPS) is 19.1. The zero-order valence-electron chi connectivity index (χ0n) is 13.6. The second-order valence-corrected chi connectivity index (χ2v) is 8.11. The lowest BCUT2D eigenvalue weighted by atomic mass is 10.2. The van der Waals surface area contributed by atoms with Crippen LogP contribution >= 0.6 is 0 Å². The molecular weight excluding hydrogens is 326 g/mol. The summed E-state index contributed by atoms with van der Waals surface area (Å²) in [6.07, 6.45) is 2.21. The fraction of sp³-hybridized carbons (Fsp3) is 0.438. The number of sulfone groups is 1. The summed E-state index contributed by atoms with van der Waals surface area (Å²) in [6.45, 7) is 3.57. The maximum atomic E-state index is 11.6. The fourth-order valence-corrected chi connectivity index (χ4v) is 4.43. The van der Waals surface area contributed by atoms with Gasteiger partial charge in [0.2, 0.25) is 5.95 Å². The van der Waals surface area contributed by atoms with Gasteiger partial charge >= 0.3 is 0 Å². The standard InChI is InChI=1S/C16H21N5O2S/c1-2-21(11-13-6-4-3-5-7-13)15-10-17-20-16(19-15)18-14-8-9-24(22,23)12-14/h3-7,10,14H,2,8-9,11-12H2,1H3,(H,18,19,20). The minimum atomic E-state index is -2.94. The van der Waals surface area contributed by atoms with Crippen molar-refractivity contribution in [2.75, 3.05) is 28.3 Å². The van der Waals surface area contributed by atoms with Crippen LogP contribution in [0.2, 0.25) is 0 Å². The molecule has 8 heteroatoms. The smallest absolute Gasteiger partial charge is 0.244 e. The van der Waals surface area contributed by atoms with Gasteiger partial charge in [-0.1, -0.05) is 30.3 Å². The van der Waals surface area contributed by atoms with Gasteiger partial charge in [0.15, 0.2) is 15.7 Å². The Kier molecular flexibility index (Phi) is 4.94. The van der Waals surface area contributed by atoms with Crippen LogP contribution in [0.15, 0.2) is 36.5 Å². The Balaban J connectivity index is 1.71. The molecule has 1 saturated heterocycles. The average molecular weight is 347 g/mol. The highest BCUT2D eigenvalue weighted by Gasteiger charge is 2.28. The van der Waals surface area contributed by atoms with E-state index in [1.807, 2.05) is 18.2 Å². The average Bonchev–Trinajstić information content (AvgIpc) is 2.92. The molecule has 0 bridgehead atoms. The molecule has 1 unspecified atom stereocenters. The number of nitrogens with one attached hydrogen (secondary N) is 1. The molecule has 7 nitrogen and oxygen atoms in total. The molecule has 0 spiro atoms. The molecule has 3 rings (SSSR count). The van der Waals surface area contributed by atoms with Crippen LogP contribution in [-0.4, -0.2) is 47.7 Å². The van der Waals surface area contributed by atoms with E-state index in [-0.39, 0.29) is 17.5 Å². The van der Waals surface area contributed by atoms with E-state index in [4.69, 9.17) is 0 Å². The van der Waals surface area contributed by atoms with E-state index in [1.54, 1.807) is 6.20 Å². The van der Waals surface area contributed by atoms with Crippen LogP contribution in [0, 0.1) is 0 Å². The van der Waals surface area contributed by atoms with Gasteiger partial charge in [-0.25, -0.2) is 8.42 Å². The predicted molar refractivity (Wildman–Crippen MR) is 93.7 cm³/mol. The van der Waals surface area contributed by atoms with Crippen LogP contribution in [0.5, 0.6) is 0 Å². The molecule has 24 heavy (non-hydrogen) atoms. The minimum absolute atomic E-state index is 0.127. The summed E-state index contributed by atoms with van der Waals surface area (Å²) in [6, 6.07) is 10.0. The summed E-state index contributed by atoms with van der Waals surface area (Å²) in [7, 11) is -2.94. The summed E-state index contributed by atoms with van der Waals surface area (Å²) in [5, 5.41) is 11.1. The Labute approximate surface area is 142 Å². The molecule has 0 radical (unpaired) electrons. The van der Waals surface area contributed by atoms with Crippen LogP contribution in [-0.2, 0) is 16.4 Å². The van der Waals surface area contributed by atoms with Crippen molar-refractivity contribution >= 4 is 21.6 Å². The summed E-state index contributed by atoms with van der Waals surface area (Å²) < 4.78 is 23.1. The first-order chi connectivity index (χ1) is 11.6. The van der Waals surface area contributed by atoms with Crippen LogP contribution in [0.25, 0.3) is 0 Å². The number of anilines is 2. The highest BCUT2D eigenvalue weighted by atomic mass is 32.2. The zero-order valence-corrected chi connectivity index (χ0v) is 14.4. The predicted octanol–water partition coefficient (Wildman–Crippen LogP) is 1.50. The highest BCUT2D eigenvalue weighted by Crippen LogP contribution is 2.18. The molecule has 1 aromatic carbocycles. The molecule has 1 aliphatic heterocycles. The minimum Gasteiger partial charge on any atom is -0.351 e. The van der Waals surface area contributed by atoms with E-state index in [1.165, 1.54) is 5.56 Å². The van der Waals surface area contributed by atoms with E-state index in [2.05, 4.69) is 44.5 Å². The third-order valence-electron chi connectivity index (χ3n) is 4.03. The lowest BCUT2D eigenvalue weighted by Crippen LogP contribution is -2.26. The zero-order chi connectivity index (χ0) is 17.0. The summed E-state index contributed by atoms with van der Waals surface area (Å²) in [5.41, 5.74) is 1.19. The number of hydrogen-bond donors (Lipinski definition) is 1. The number of aromatic nitrogens is 3. The molecule has 1 aliphatic rings. The number of benzene rings is 1. The Bertz CT molecular complexity index is 782. The van der Waals surface area contributed by atoms with Crippen LogP contribution in [0.1, 0.15) is 18.9 Å². The first-order valence-electron chi connectivity index (χ1n) is 8.01. The van der Waals surface area contributed by atoms with E-state index >= 15 is 0 Å². The first kappa shape index (κ1) is 16.6. The van der Waals surface area contributed by atoms with Gasteiger partial charge in [-0.05, 0) is 18.9 Å². The maximum absolute atomic E-state index is 11.6. The summed E-state index contributed by atoms with van der Waals surface area (Å²) in [5.74, 6) is 1.44. The number of hydrogen-bond acceptors (Lipinski definition) is 7. The Morgan fingerprint density at radius 1 is 1.29 bits per heavy atom. The number of rotatable bonds is 6. The van der Waals surface area contributed by atoms with Crippen LogP contribution in [0.4, 0.5) is 11.8 Å². The van der Waals surface area contributed by atoms with Gasteiger partial charge in [0.05, 0.1) is 17.7 Å². The molecule has 1 atom stereocenters. The summed E-state index contributed by atoms with van der Waals surface area (Å²) in [4.78, 5) is 6.60. The van der Waals surface area contributed by atoms with Gasteiger partial charge < -0.3 is 10.2 Å². The van der Waals surface area contributed by atoms with Gasteiger partial charge in [-0.3, -0.25) is 0 Å². The van der Waals surface area contributed by atoms with E-state index in [0.29, 0.717) is 12.4 Å². The molecule has 2 aromatic rings. The van der Waals surface area contributed by atoms with E-state index < -0.39 is 9.84 Å². The molecule has 1 fully saturated rings. The second-order valence-electron chi connectivity index (χ2n) is 5.88. The van der Waals surface area contributed by atoms with Gasteiger partial charge in [0, 0.05) is 19.1 Å². The SMILES string of the molecule is CCN(Cc1ccccc1)c1cnnc(NC2CCS(=O)(=O)C2)n1. The maximum Gasteiger partial charge on any atom is 0.244 e. The Hall–Kier alpha value is -2.22. The Morgan fingerprint density at radius 3 is 2.75 bits per heavy atom. The highest BCUT2D eigenvalue weighted by molar-refractivity contribution is 7.91. The molecule has 0 amide bonds. The van der Waals surface area contributed by atoms with Gasteiger partial charge in [-0.2, -0.15) is 10.1 Å². The number of nitrogens with zero attached hydrogens (tertiary/aromatic N) is 4. The Morgan fingerprint density at radius 2 is 2.08 bits per heavy atom. The van der Waals surface area contributed by atoms with Crippen LogP contribution < -0.4 is 10.2 Å². The molecule has 0 aliphatic carbocycles. The quantitative estimate of drug-likeness (QED) is 0.847.